The van der Waals surface area contributed by atoms with E-state index in [4.69, 9.17) is 5.11 Å². The molecule has 7 nitrogen and oxygen atoms in total. The van der Waals surface area contributed by atoms with E-state index < -0.39 is 5.97 Å². The molecule has 2 heterocycles. The molecule has 2 rings (SSSR count). The first-order valence-corrected chi connectivity index (χ1v) is 5.58. The number of carboxylic acids is 1. The second-order valence-electron chi connectivity index (χ2n) is 4.05. The molecule has 7 heteroatoms. The Labute approximate surface area is 98.0 Å². The number of hydrogen-bond acceptors (Lipinski definition) is 4. The minimum absolute atomic E-state index is 0.165. The van der Waals surface area contributed by atoms with Gasteiger partial charge >= 0.3 is 5.97 Å². The number of piperidine rings is 1. The van der Waals surface area contributed by atoms with Crippen molar-refractivity contribution in [3.05, 3.63) is 11.9 Å². The van der Waals surface area contributed by atoms with Gasteiger partial charge in [0.25, 0.3) is 5.91 Å². The highest BCUT2D eigenvalue weighted by molar-refractivity contribution is 5.92. The van der Waals surface area contributed by atoms with E-state index in [0.29, 0.717) is 0 Å². The SMILES string of the molecule is O=C(O)Cn1cc(C(=O)N2CCCCC2)nn1. The Morgan fingerprint density at radius 3 is 2.65 bits per heavy atom. The lowest BCUT2D eigenvalue weighted by Crippen LogP contribution is -2.35. The highest BCUT2D eigenvalue weighted by Crippen LogP contribution is 2.11. The first kappa shape index (κ1) is 11.6. The van der Waals surface area contributed by atoms with Gasteiger partial charge in [0.05, 0.1) is 6.20 Å². The van der Waals surface area contributed by atoms with Gasteiger partial charge in [0.15, 0.2) is 5.69 Å². The Kier molecular flexibility index (Phi) is 3.36. The van der Waals surface area contributed by atoms with Crippen molar-refractivity contribution in [3.8, 4) is 0 Å². The number of aliphatic carboxylic acids is 1. The molecule has 0 aliphatic carbocycles. The standard InChI is InChI=1S/C10H14N4O3/c15-9(16)7-14-6-8(11-12-14)10(17)13-4-2-1-3-5-13/h6H,1-5,7H2,(H,15,16). The quantitative estimate of drug-likeness (QED) is 0.800. The van der Waals surface area contributed by atoms with E-state index in [2.05, 4.69) is 10.3 Å². The first-order valence-electron chi connectivity index (χ1n) is 5.58. The fourth-order valence-corrected chi connectivity index (χ4v) is 1.87. The summed E-state index contributed by atoms with van der Waals surface area (Å²) in [6.45, 7) is 1.20. The van der Waals surface area contributed by atoms with Crippen molar-refractivity contribution in [1.82, 2.24) is 19.9 Å². The van der Waals surface area contributed by atoms with Crippen LogP contribution >= 0.6 is 0 Å². The molecular formula is C10H14N4O3. The molecule has 1 amide bonds. The highest BCUT2D eigenvalue weighted by Gasteiger charge is 2.20. The van der Waals surface area contributed by atoms with E-state index >= 15 is 0 Å². The fraction of sp³-hybridized carbons (Fsp3) is 0.600. The molecule has 17 heavy (non-hydrogen) atoms. The van der Waals surface area contributed by atoms with Crippen LogP contribution in [-0.4, -0.2) is 50.0 Å². The number of carboxylic acid groups (broad SMARTS) is 1. The predicted molar refractivity (Wildman–Crippen MR) is 57.4 cm³/mol. The van der Waals surface area contributed by atoms with Gasteiger partial charge < -0.3 is 10.0 Å². The van der Waals surface area contributed by atoms with Crippen LogP contribution in [-0.2, 0) is 11.3 Å². The fourth-order valence-electron chi connectivity index (χ4n) is 1.87. The molecule has 0 aromatic carbocycles. The number of hydrogen-bond donors (Lipinski definition) is 1. The zero-order valence-corrected chi connectivity index (χ0v) is 9.37. The summed E-state index contributed by atoms with van der Waals surface area (Å²) >= 11 is 0. The molecule has 1 aromatic heterocycles. The second kappa shape index (κ2) is 4.94. The van der Waals surface area contributed by atoms with Gasteiger partial charge in [0, 0.05) is 13.1 Å². The topological polar surface area (TPSA) is 88.3 Å². The molecule has 1 aliphatic rings. The zero-order chi connectivity index (χ0) is 12.3. The number of likely N-dealkylation sites (tertiary alicyclic amines) is 1. The molecule has 92 valence electrons. The van der Waals surface area contributed by atoms with E-state index in [-0.39, 0.29) is 18.1 Å². The molecule has 1 aliphatic heterocycles. The van der Waals surface area contributed by atoms with Crippen molar-refractivity contribution in [1.29, 1.82) is 0 Å². The maximum Gasteiger partial charge on any atom is 0.325 e. The van der Waals surface area contributed by atoms with Crippen molar-refractivity contribution in [2.75, 3.05) is 13.1 Å². The van der Waals surface area contributed by atoms with E-state index in [0.717, 1.165) is 37.0 Å². The summed E-state index contributed by atoms with van der Waals surface area (Å²) < 4.78 is 1.15. The Balaban J connectivity index is 2.03. The zero-order valence-electron chi connectivity index (χ0n) is 9.37. The van der Waals surface area contributed by atoms with Crippen molar-refractivity contribution in [2.45, 2.75) is 25.8 Å². The van der Waals surface area contributed by atoms with Crippen molar-refractivity contribution in [2.24, 2.45) is 0 Å². The minimum atomic E-state index is -1.01. The summed E-state index contributed by atoms with van der Waals surface area (Å²) in [7, 11) is 0. The Morgan fingerprint density at radius 1 is 1.29 bits per heavy atom. The first-order chi connectivity index (χ1) is 8.16. The van der Waals surface area contributed by atoms with Crippen LogP contribution in [0.2, 0.25) is 0 Å². The van der Waals surface area contributed by atoms with Gasteiger partial charge in [-0.05, 0) is 19.3 Å². The second-order valence-corrected chi connectivity index (χ2v) is 4.05. The third-order valence-corrected chi connectivity index (χ3v) is 2.70. The summed E-state index contributed by atoms with van der Waals surface area (Å²) in [6, 6.07) is 0. The van der Waals surface area contributed by atoms with Crippen molar-refractivity contribution >= 4 is 11.9 Å². The molecule has 0 saturated carbocycles. The normalized spacial score (nSPS) is 15.9. The van der Waals surface area contributed by atoms with Crippen LogP contribution in [0.15, 0.2) is 6.20 Å². The average molecular weight is 238 g/mol. The summed E-state index contributed by atoms with van der Waals surface area (Å²) in [4.78, 5) is 24.2. The van der Waals surface area contributed by atoms with Crippen LogP contribution in [0.4, 0.5) is 0 Å². The molecule has 0 unspecified atom stereocenters. The number of carbonyl (C=O) groups is 2. The van der Waals surface area contributed by atoms with Gasteiger partial charge in [0.1, 0.15) is 6.54 Å². The van der Waals surface area contributed by atoms with Gasteiger partial charge in [-0.3, -0.25) is 9.59 Å². The van der Waals surface area contributed by atoms with Gasteiger partial charge in [-0.2, -0.15) is 0 Å². The molecule has 0 spiro atoms. The maximum absolute atomic E-state index is 12.0. The number of rotatable bonds is 3. The molecule has 1 N–H and O–H groups in total. The van der Waals surface area contributed by atoms with E-state index in [1.807, 2.05) is 0 Å². The number of amides is 1. The molecule has 0 bridgehead atoms. The van der Waals surface area contributed by atoms with Crippen LogP contribution in [0.1, 0.15) is 29.8 Å². The summed E-state index contributed by atoms with van der Waals surface area (Å²) in [5.74, 6) is -1.17. The minimum Gasteiger partial charge on any atom is -0.480 e. The molecule has 0 atom stereocenters. The van der Waals surface area contributed by atoms with Gasteiger partial charge in [-0.1, -0.05) is 5.21 Å². The summed E-state index contributed by atoms with van der Waals surface area (Å²) in [5.41, 5.74) is 0.216. The van der Waals surface area contributed by atoms with Crippen molar-refractivity contribution < 1.29 is 14.7 Å². The summed E-state index contributed by atoms with van der Waals surface area (Å²) in [5, 5.41) is 15.9. The lowest BCUT2D eigenvalue weighted by molar-refractivity contribution is -0.137. The third kappa shape index (κ3) is 2.80. The molecule has 1 saturated heterocycles. The van der Waals surface area contributed by atoms with Crippen molar-refractivity contribution in [3.63, 3.8) is 0 Å². The molecular weight excluding hydrogens is 224 g/mol. The number of carbonyl (C=O) groups excluding carboxylic acids is 1. The van der Waals surface area contributed by atoms with E-state index in [1.54, 1.807) is 4.90 Å². The smallest absolute Gasteiger partial charge is 0.325 e. The molecule has 0 radical (unpaired) electrons. The molecule has 1 fully saturated rings. The summed E-state index contributed by atoms with van der Waals surface area (Å²) in [6.07, 6.45) is 4.55. The van der Waals surface area contributed by atoms with E-state index in [1.165, 1.54) is 6.20 Å². The maximum atomic E-state index is 12.0. The predicted octanol–water partition coefficient (Wildman–Crippen LogP) is -0.0112. The highest BCUT2D eigenvalue weighted by atomic mass is 16.4. The third-order valence-electron chi connectivity index (χ3n) is 2.70. The number of nitrogens with zero attached hydrogens (tertiary/aromatic N) is 4. The van der Waals surface area contributed by atoms with Crippen LogP contribution < -0.4 is 0 Å². The molecule has 1 aromatic rings. The van der Waals surface area contributed by atoms with Gasteiger partial charge in [-0.25, -0.2) is 4.68 Å². The van der Waals surface area contributed by atoms with Crippen LogP contribution in [0.3, 0.4) is 0 Å². The van der Waals surface area contributed by atoms with Gasteiger partial charge in [0.2, 0.25) is 0 Å². The van der Waals surface area contributed by atoms with Gasteiger partial charge in [-0.15, -0.1) is 5.10 Å². The lowest BCUT2D eigenvalue weighted by atomic mass is 10.1. The van der Waals surface area contributed by atoms with Crippen LogP contribution in [0.25, 0.3) is 0 Å². The largest absolute Gasteiger partial charge is 0.480 e. The van der Waals surface area contributed by atoms with Crippen LogP contribution in [0.5, 0.6) is 0 Å². The van der Waals surface area contributed by atoms with E-state index in [9.17, 15) is 9.59 Å². The monoisotopic (exact) mass is 238 g/mol. The Morgan fingerprint density at radius 2 is 2.00 bits per heavy atom. The number of aromatic nitrogens is 3. The van der Waals surface area contributed by atoms with Crippen LogP contribution in [0, 0.1) is 0 Å². The Bertz CT molecular complexity index is 423. The Hall–Kier alpha value is -1.92. The lowest BCUT2D eigenvalue weighted by Gasteiger charge is -2.25. The average Bonchev–Trinajstić information content (AvgIpc) is 2.77.